The van der Waals surface area contributed by atoms with Gasteiger partial charge in [0.05, 0.1) is 64.0 Å². The number of hydrogen-bond donors (Lipinski definition) is 2. The van der Waals surface area contributed by atoms with Crippen molar-refractivity contribution in [1.29, 1.82) is 0 Å². The molecule has 1 atom stereocenters. The summed E-state index contributed by atoms with van der Waals surface area (Å²) in [6.45, 7) is 0.894. The maximum atomic E-state index is 14.3. The number of nitrogens with one attached hydrogen (secondary N) is 2. The first-order valence-corrected chi connectivity index (χ1v) is 11.8. The second-order valence-corrected chi connectivity index (χ2v) is 8.90. The van der Waals surface area contributed by atoms with Crippen molar-refractivity contribution >= 4 is 34.1 Å². The average Bonchev–Trinajstić information content (AvgIpc) is 3.53. The van der Waals surface area contributed by atoms with Gasteiger partial charge in [0.25, 0.3) is 5.91 Å². The maximum absolute atomic E-state index is 14.3. The first kappa shape index (κ1) is 24.0. The summed E-state index contributed by atoms with van der Waals surface area (Å²) in [6, 6.07) is 9.80. The van der Waals surface area contributed by atoms with Gasteiger partial charge in [0.15, 0.2) is 11.5 Å². The lowest BCUT2D eigenvalue weighted by Crippen LogP contribution is -2.35. The monoisotopic (exact) mass is 539 g/mol. The van der Waals surface area contributed by atoms with Gasteiger partial charge in [-0.2, -0.15) is 28.5 Å². The number of alkyl halides is 3. The second-order valence-electron chi connectivity index (χ2n) is 8.49. The molecule has 1 fully saturated rings. The summed E-state index contributed by atoms with van der Waals surface area (Å²) in [5, 5.41) is 18.0. The third kappa shape index (κ3) is 4.25. The van der Waals surface area contributed by atoms with Crippen LogP contribution in [0.2, 0.25) is 5.02 Å². The van der Waals surface area contributed by atoms with Crippen molar-refractivity contribution in [2.75, 3.05) is 11.9 Å². The zero-order valence-electron chi connectivity index (χ0n) is 19.3. The quantitative estimate of drug-likeness (QED) is 0.341. The zero-order chi connectivity index (χ0) is 26.4. The molecule has 0 spiro atoms. The molecule has 1 saturated heterocycles. The van der Waals surface area contributed by atoms with Crippen LogP contribution in [0.15, 0.2) is 61.2 Å². The fourth-order valence-electron chi connectivity index (χ4n) is 4.21. The van der Waals surface area contributed by atoms with Crippen molar-refractivity contribution in [3.8, 4) is 11.5 Å². The molecule has 1 amide bonds. The number of halogens is 4. The highest BCUT2D eigenvalue weighted by molar-refractivity contribution is 6.32. The van der Waals surface area contributed by atoms with Crippen LogP contribution in [0.25, 0.3) is 22.4 Å². The molecule has 5 heterocycles. The lowest BCUT2D eigenvalue weighted by Gasteiger charge is -2.27. The van der Waals surface area contributed by atoms with Crippen LogP contribution in [0.1, 0.15) is 34.2 Å². The Hall–Kier alpha value is -4.36. The minimum absolute atomic E-state index is 0.0864. The Balaban J connectivity index is 1.36. The first-order valence-electron chi connectivity index (χ1n) is 11.4. The molecule has 1 aromatic carbocycles. The van der Waals surface area contributed by atoms with E-state index in [9.17, 15) is 18.0 Å². The van der Waals surface area contributed by atoms with Crippen LogP contribution < -0.4 is 10.6 Å². The van der Waals surface area contributed by atoms with Crippen LogP contribution in [0.4, 0.5) is 18.9 Å². The highest BCUT2D eigenvalue weighted by Gasteiger charge is 2.41. The Kier molecular flexibility index (Phi) is 5.80. The largest absolute Gasteiger partial charge is 0.434 e. The molecular weight excluding hydrogens is 523 g/mol. The minimum Gasteiger partial charge on any atom is -0.320 e. The summed E-state index contributed by atoms with van der Waals surface area (Å²) in [5.41, 5.74) is -0.302. The molecule has 6 rings (SSSR count). The van der Waals surface area contributed by atoms with E-state index in [2.05, 4.69) is 35.9 Å². The number of hydrogen-bond acceptors (Lipinski definition) is 7. The number of benzene rings is 1. The molecule has 0 saturated carbocycles. The van der Waals surface area contributed by atoms with Crippen LogP contribution in [-0.2, 0) is 6.18 Å². The first-order chi connectivity index (χ1) is 18.3. The molecule has 1 unspecified atom stereocenters. The molecule has 192 valence electrons. The summed E-state index contributed by atoms with van der Waals surface area (Å²) in [5.74, 6) is -0.831. The van der Waals surface area contributed by atoms with Gasteiger partial charge in [-0.15, -0.1) is 4.80 Å². The average molecular weight is 540 g/mol. The van der Waals surface area contributed by atoms with E-state index in [1.165, 1.54) is 35.5 Å². The van der Waals surface area contributed by atoms with E-state index in [-0.39, 0.29) is 28.3 Å². The van der Waals surface area contributed by atoms with E-state index in [4.69, 9.17) is 11.6 Å². The molecule has 38 heavy (non-hydrogen) atoms. The number of rotatable bonds is 5. The molecule has 1 aliphatic rings. The van der Waals surface area contributed by atoms with E-state index in [1.807, 2.05) is 0 Å². The number of amides is 1. The van der Waals surface area contributed by atoms with Gasteiger partial charge in [-0.05, 0) is 43.3 Å². The van der Waals surface area contributed by atoms with Crippen molar-refractivity contribution in [2.45, 2.75) is 18.6 Å². The van der Waals surface area contributed by atoms with E-state index < -0.39 is 23.3 Å². The van der Waals surface area contributed by atoms with Crippen molar-refractivity contribution in [2.24, 2.45) is 0 Å². The number of nitrogens with zero attached hydrogens (tertiary/aromatic N) is 7. The van der Waals surface area contributed by atoms with Gasteiger partial charge in [0, 0.05) is 5.39 Å². The molecule has 14 heteroatoms. The molecule has 1 aliphatic heterocycles. The Morgan fingerprint density at radius 1 is 1.11 bits per heavy atom. The molecule has 0 bridgehead atoms. The normalized spacial score (nSPS) is 15.4. The van der Waals surface area contributed by atoms with Gasteiger partial charge in [0.2, 0.25) is 0 Å². The highest BCUT2D eigenvalue weighted by atomic mass is 35.5. The summed E-state index contributed by atoms with van der Waals surface area (Å²) >= 11 is 6.22. The summed E-state index contributed by atoms with van der Waals surface area (Å²) < 4.78 is 43.6. The Morgan fingerprint density at radius 2 is 1.89 bits per heavy atom. The van der Waals surface area contributed by atoms with Crippen molar-refractivity contribution in [1.82, 2.24) is 40.1 Å². The Morgan fingerprint density at radius 3 is 2.58 bits per heavy atom. The Bertz CT molecular complexity index is 1660. The fraction of sp³-hybridized carbons (Fsp3) is 0.167. The predicted molar refractivity (Wildman–Crippen MR) is 131 cm³/mol. The van der Waals surface area contributed by atoms with Gasteiger partial charge in [-0.1, -0.05) is 17.7 Å². The third-order valence-electron chi connectivity index (χ3n) is 6.11. The van der Waals surface area contributed by atoms with Crippen LogP contribution in [0, 0.1) is 0 Å². The molecular formula is C24H17ClF3N9O. The Labute approximate surface area is 217 Å². The lowest BCUT2D eigenvalue weighted by molar-refractivity contribution is -0.143. The molecule has 5 aromatic rings. The molecule has 4 aromatic heterocycles. The van der Waals surface area contributed by atoms with Crippen LogP contribution >= 0.6 is 11.6 Å². The summed E-state index contributed by atoms with van der Waals surface area (Å²) in [4.78, 5) is 22.9. The van der Waals surface area contributed by atoms with Gasteiger partial charge in [0.1, 0.15) is 0 Å². The van der Waals surface area contributed by atoms with E-state index in [0.717, 1.165) is 29.5 Å². The number of pyridine rings is 2. The molecule has 0 radical (unpaired) electrons. The zero-order valence-corrected chi connectivity index (χ0v) is 20.1. The number of aromatic nitrogens is 7. The van der Waals surface area contributed by atoms with E-state index in [1.54, 1.807) is 24.3 Å². The summed E-state index contributed by atoms with van der Waals surface area (Å²) in [7, 11) is 0. The third-order valence-corrected chi connectivity index (χ3v) is 6.39. The predicted octanol–water partition coefficient (Wildman–Crippen LogP) is 4.36. The molecule has 0 aliphatic carbocycles. The SMILES string of the molecule is O=C(Nc1cnc(-n2nccn2)c(Cl)c1)c1cnn(-c2cccc3nc(C4CCN4)ccc23)c1C(F)(F)F. The second kappa shape index (κ2) is 9.19. The standard InChI is InChI=1S/C24H17ClF3N9O/c25-16-10-13(11-30-22(16)37-31-8-9-32-37)34-23(38)15-12-33-36(21(15)24(26,27)28)20-3-1-2-17-14(20)4-5-19(35-17)18-6-7-29-18/h1-5,8-12,18,29H,6-7H2,(H,34,38). The van der Waals surface area contributed by atoms with Crippen molar-refractivity contribution in [3.05, 3.63) is 83.2 Å². The van der Waals surface area contributed by atoms with E-state index >= 15 is 0 Å². The van der Waals surface area contributed by atoms with Crippen LogP contribution in [-0.4, -0.2) is 47.2 Å². The van der Waals surface area contributed by atoms with Gasteiger partial charge in [-0.3, -0.25) is 9.78 Å². The van der Waals surface area contributed by atoms with Crippen molar-refractivity contribution < 1.29 is 18.0 Å². The number of fused-ring (bicyclic) bond motifs is 1. The van der Waals surface area contributed by atoms with Crippen LogP contribution in [0.5, 0.6) is 0 Å². The van der Waals surface area contributed by atoms with Crippen LogP contribution in [0.3, 0.4) is 0 Å². The van der Waals surface area contributed by atoms with Gasteiger partial charge >= 0.3 is 6.18 Å². The molecule has 10 nitrogen and oxygen atoms in total. The van der Waals surface area contributed by atoms with Gasteiger partial charge in [-0.25, -0.2) is 9.67 Å². The van der Waals surface area contributed by atoms with Gasteiger partial charge < -0.3 is 10.6 Å². The minimum atomic E-state index is -4.89. The topological polar surface area (TPSA) is 115 Å². The molecule has 2 N–H and O–H groups in total. The number of anilines is 1. The fourth-order valence-corrected chi connectivity index (χ4v) is 4.46. The number of carbonyl (C=O) groups excluding carboxylic acids is 1. The highest BCUT2D eigenvalue weighted by Crippen LogP contribution is 2.36. The smallest absolute Gasteiger partial charge is 0.320 e. The van der Waals surface area contributed by atoms with Crippen molar-refractivity contribution in [3.63, 3.8) is 0 Å². The lowest BCUT2D eigenvalue weighted by atomic mass is 10.0. The summed E-state index contributed by atoms with van der Waals surface area (Å²) in [6.07, 6.45) is 1.04. The number of carbonyl (C=O) groups is 1. The maximum Gasteiger partial charge on any atom is 0.434 e. The van der Waals surface area contributed by atoms with E-state index in [0.29, 0.717) is 10.9 Å².